The molecule has 4 heteroatoms. The molecule has 1 fully saturated rings. The van der Waals surface area contributed by atoms with Crippen LogP contribution < -0.4 is 0 Å². The molecular formula is C10H14N2O2. The summed E-state index contributed by atoms with van der Waals surface area (Å²) < 4.78 is 4.99. The number of aromatic nitrogens is 1. The van der Waals surface area contributed by atoms with Gasteiger partial charge >= 0.3 is 0 Å². The van der Waals surface area contributed by atoms with E-state index in [1.165, 1.54) is 25.4 Å². The van der Waals surface area contributed by atoms with Crippen LogP contribution in [0.3, 0.4) is 0 Å². The number of hydrogen-bond acceptors (Lipinski definition) is 3. The molecule has 14 heavy (non-hydrogen) atoms. The van der Waals surface area contributed by atoms with Crippen LogP contribution in [-0.4, -0.2) is 28.9 Å². The van der Waals surface area contributed by atoms with Crippen LogP contribution in [0.15, 0.2) is 17.0 Å². The number of nitrogens with zero attached hydrogens (tertiary/aromatic N) is 2. The molecule has 1 aliphatic rings. The van der Waals surface area contributed by atoms with E-state index in [9.17, 15) is 4.79 Å². The third-order valence-electron chi connectivity index (χ3n) is 2.54. The molecule has 1 amide bonds. The Bertz CT molecular complexity index is 287. The molecule has 0 bridgehead atoms. The second kappa shape index (κ2) is 4.26. The highest BCUT2D eigenvalue weighted by atomic mass is 16.3. The van der Waals surface area contributed by atoms with Crippen molar-refractivity contribution in [3.8, 4) is 0 Å². The molecule has 2 rings (SSSR count). The SMILES string of the molecule is O=C(c1cnco1)N1CCCCCC1. The lowest BCUT2D eigenvalue weighted by molar-refractivity contribution is 0.0729. The number of oxazole rings is 1. The summed E-state index contributed by atoms with van der Waals surface area (Å²) in [5.41, 5.74) is 0. The molecule has 0 atom stereocenters. The van der Waals surface area contributed by atoms with Gasteiger partial charge in [-0.15, -0.1) is 0 Å². The van der Waals surface area contributed by atoms with Gasteiger partial charge in [0.15, 0.2) is 6.39 Å². The van der Waals surface area contributed by atoms with Crippen molar-refractivity contribution >= 4 is 5.91 Å². The van der Waals surface area contributed by atoms with E-state index in [-0.39, 0.29) is 5.91 Å². The van der Waals surface area contributed by atoms with Crippen LogP contribution in [0.5, 0.6) is 0 Å². The first-order valence-corrected chi connectivity index (χ1v) is 5.06. The topological polar surface area (TPSA) is 46.3 Å². The van der Waals surface area contributed by atoms with Crippen LogP contribution in [0.25, 0.3) is 0 Å². The Kier molecular flexibility index (Phi) is 2.81. The quantitative estimate of drug-likeness (QED) is 0.683. The average Bonchev–Trinajstić information content (AvgIpc) is 2.59. The van der Waals surface area contributed by atoms with Gasteiger partial charge in [0.05, 0.1) is 6.20 Å². The summed E-state index contributed by atoms with van der Waals surface area (Å²) in [5, 5.41) is 0. The van der Waals surface area contributed by atoms with Crippen molar-refractivity contribution in [1.29, 1.82) is 0 Å². The maximum absolute atomic E-state index is 11.8. The molecule has 1 saturated heterocycles. The Hall–Kier alpha value is -1.32. The molecule has 1 aromatic rings. The van der Waals surface area contributed by atoms with E-state index in [1.54, 1.807) is 0 Å². The summed E-state index contributed by atoms with van der Waals surface area (Å²) in [6.07, 6.45) is 7.42. The van der Waals surface area contributed by atoms with Gasteiger partial charge in [-0.05, 0) is 12.8 Å². The maximum Gasteiger partial charge on any atom is 0.291 e. The summed E-state index contributed by atoms with van der Waals surface area (Å²) >= 11 is 0. The average molecular weight is 194 g/mol. The van der Waals surface area contributed by atoms with Gasteiger partial charge in [0.2, 0.25) is 5.76 Å². The molecule has 2 heterocycles. The van der Waals surface area contributed by atoms with E-state index in [0.29, 0.717) is 5.76 Å². The van der Waals surface area contributed by atoms with Gasteiger partial charge in [-0.3, -0.25) is 4.79 Å². The minimum absolute atomic E-state index is 0.0237. The molecule has 0 aliphatic carbocycles. The molecule has 0 saturated carbocycles. The second-order valence-electron chi connectivity index (χ2n) is 3.57. The minimum Gasteiger partial charge on any atom is -0.438 e. The Morgan fingerprint density at radius 2 is 2.00 bits per heavy atom. The Morgan fingerprint density at radius 3 is 2.57 bits per heavy atom. The molecule has 4 nitrogen and oxygen atoms in total. The molecule has 76 valence electrons. The standard InChI is InChI=1S/C10H14N2O2/c13-10(9-7-11-8-14-9)12-5-3-1-2-4-6-12/h7-8H,1-6H2. The molecule has 0 unspecified atom stereocenters. The molecule has 0 spiro atoms. The van der Waals surface area contributed by atoms with Crippen LogP contribution in [0.1, 0.15) is 36.2 Å². The van der Waals surface area contributed by atoms with Gasteiger partial charge in [0, 0.05) is 13.1 Å². The molecule has 0 radical (unpaired) electrons. The highest BCUT2D eigenvalue weighted by molar-refractivity contribution is 5.91. The normalized spacial score (nSPS) is 17.9. The Labute approximate surface area is 82.9 Å². The zero-order chi connectivity index (χ0) is 9.80. The molecule has 1 aliphatic heterocycles. The van der Waals surface area contributed by atoms with E-state index < -0.39 is 0 Å². The van der Waals surface area contributed by atoms with Gasteiger partial charge in [0.1, 0.15) is 0 Å². The van der Waals surface area contributed by atoms with Gasteiger partial charge in [-0.1, -0.05) is 12.8 Å². The predicted molar refractivity (Wildman–Crippen MR) is 50.9 cm³/mol. The van der Waals surface area contributed by atoms with E-state index in [2.05, 4.69) is 4.98 Å². The van der Waals surface area contributed by atoms with Crippen molar-refractivity contribution in [2.24, 2.45) is 0 Å². The Morgan fingerprint density at radius 1 is 1.29 bits per heavy atom. The minimum atomic E-state index is -0.0237. The van der Waals surface area contributed by atoms with E-state index in [0.717, 1.165) is 25.9 Å². The van der Waals surface area contributed by atoms with Crippen LogP contribution in [0.2, 0.25) is 0 Å². The Balaban J connectivity index is 2.03. The van der Waals surface area contributed by atoms with Crippen molar-refractivity contribution in [2.45, 2.75) is 25.7 Å². The summed E-state index contributed by atoms with van der Waals surface area (Å²) in [6.45, 7) is 1.69. The zero-order valence-electron chi connectivity index (χ0n) is 8.11. The first-order valence-electron chi connectivity index (χ1n) is 5.06. The monoisotopic (exact) mass is 194 g/mol. The number of hydrogen-bond donors (Lipinski definition) is 0. The van der Waals surface area contributed by atoms with E-state index in [4.69, 9.17) is 4.42 Å². The van der Waals surface area contributed by atoms with Crippen LogP contribution in [0.4, 0.5) is 0 Å². The fourth-order valence-electron chi connectivity index (χ4n) is 1.75. The summed E-state index contributed by atoms with van der Waals surface area (Å²) in [7, 11) is 0. The first-order chi connectivity index (χ1) is 6.88. The second-order valence-corrected chi connectivity index (χ2v) is 3.57. The van der Waals surface area contributed by atoms with E-state index >= 15 is 0 Å². The lowest BCUT2D eigenvalue weighted by Crippen LogP contribution is -2.31. The van der Waals surface area contributed by atoms with E-state index in [1.807, 2.05) is 4.90 Å². The lowest BCUT2D eigenvalue weighted by Gasteiger charge is -2.18. The summed E-state index contributed by atoms with van der Waals surface area (Å²) in [4.78, 5) is 17.4. The fourth-order valence-corrected chi connectivity index (χ4v) is 1.75. The van der Waals surface area contributed by atoms with Crippen molar-refractivity contribution in [1.82, 2.24) is 9.88 Å². The first kappa shape index (κ1) is 9.24. The number of amides is 1. The highest BCUT2D eigenvalue weighted by Crippen LogP contribution is 2.12. The molecule has 1 aromatic heterocycles. The summed E-state index contributed by atoms with van der Waals surface area (Å²) in [6, 6.07) is 0. The van der Waals surface area contributed by atoms with Crippen LogP contribution in [0, 0.1) is 0 Å². The maximum atomic E-state index is 11.8. The van der Waals surface area contributed by atoms with Gasteiger partial charge < -0.3 is 9.32 Å². The van der Waals surface area contributed by atoms with Crippen molar-refractivity contribution in [3.05, 3.63) is 18.4 Å². The predicted octanol–water partition coefficient (Wildman–Crippen LogP) is 1.69. The number of rotatable bonds is 1. The van der Waals surface area contributed by atoms with Crippen molar-refractivity contribution < 1.29 is 9.21 Å². The highest BCUT2D eigenvalue weighted by Gasteiger charge is 2.19. The smallest absolute Gasteiger partial charge is 0.291 e. The molecular weight excluding hydrogens is 180 g/mol. The van der Waals surface area contributed by atoms with Crippen LogP contribution >= 0.6 is 0 Å². The van der Waals surface area contributed by atoms with Crippen molar-refractivity contribution in [2.75, 3.05) is 13.1 Å². The lowest BCUT2D eigenvalue weighted by atomic mass is 10.2. The third kappa shape index (κ3) is 1.95. The largest absolute Gasteiger partial charge is 0.438 e. The summed E-state index contributed by atoms with van der Waals surface area (Å²) in [5.74, 6) is 0.330. The number of carbonyl (C=O) groups excluding carboxylic acids is 1. The van der Waals surface area contributed by atoms with Gasteiger partial charge in [-0.2, -0.15) is 0 Å². The third-order valence-corrected chi connectivity index (χ3v) is 2.54. The van der Waals surface area contributed by atoms with Gasteiger partial charge in [-0.25, -0.2) is 4.98 Å². The zero-order valence-corrected chi connectivity index (χ0v) is 8.11. The van der Waals surface area contributed by atoms with Crippen LogP contribution in [-0.2, 0) is 0 Å². The molecule has 0 aromatic carbocycles. The number of carbonyl (C=O) groups is 1. The van der Waals surface area contributed by atoms with Crippen molar-refractivity contribution in [3.63, 3.8) is 0 Å². The number of likely N-dealkylation sites (tertiary alicyclic amines) is 1. The van der Waals surface area contributed by atoms with Gasteiger partial charge in [0.25, 0.3) is 5.91 Å². The fraction of sp³-hybridized carbons (Fsp3) is 0.600. The molecule has 0 N–H and O–H groups in total.